The quantitative estimate of drug-likeness (QED) is 0.906. The predicted octanol–water partition coefficient (Wildman–Crippen LogP) is 1.66. The molecule has 0 spiro atoms. The van der Waals surface area contributed by atoms with Gasteiger partial charge in [0.15, 0.2) is 6.10 Å². The van der Waals surface area contributed by atoms with E-state index in [0.29, 0.717) is 11.4 Å². The van der Waals surface area contributed by atoms with Crippen LogP contribution in [0.5, 0.6) is 5.75 Å². The molecule has 1 aromatic carbocycles. The van der Waals surface area contributed by atoms with E-state index in [0.717, 1.165) is 25.7 Å². The van der Waals surface area contributed by atoms with Crippen LogP contribution in [0.2, 0.25) is 0 Å². The second-order valence-corrected chi connectivity index (χ2v) is 8.18. The maximum absolute atomic E-state index is 12.5. The zero-order chi connectivity index (χ0) is 16.4. The maximum atomic E-state index is 12.5. The molecule has 0 saturated heterocycles. The molecule has 0 radical (unpaired) electrons. The van der Waals surface area contributed by atoms with E-state index >= 15 is 0 Å². The highest BCUT2D eigenvalue weighted by Gasteiger charge is 2.36. The van der Waals surface area contributed by atoms with Crippen LogP contribution in [-0.4, -0.2) is 38.8 Å². The normalized spacial score (nSPS) is 21.6. The van der Waals surface area contributed by atoms with Crippen molar-refractivity contribution in [2.45, 2.75) is 44.8 Å². The van der Waals surface area contributed by atoms with E-state index < -0.39 is 16.1 Å². The number of para-hydroxylation sites is 2. The summed E-state index contributed by atoms with van der Waals surface area (Å²) in [5, 5.41) is 2.98. The van der Waals surface area contributed by atoms with Gasteiger partial charge in [0.05, 0.1) is 18.0 Å². The number of hydrogen-bond donors (Lipinski definition) is 1. The molecule has 0 aromatic heterocycles. The molecule has 1 aliphatic carbocycles. The summed E-state index contributed by atoms with van der Waals surface area (Å²) in [6, 6.07) is 7.11. The zero-order valence-corrected chi connectivity index (χ0v) is 14.0. The molecule has 0 bridgehead atoms. The fourth-order valence-corrected chi connectivity index (χ4v) is 4.25. The monoisotopic (exact) mass is 338 g/mol. The Kier molecular flexibility index (Phi) is 4.48. The minimum atomic E-state index is -3.46. The number of hydrogen-bond acceptors (Lipinski definition) is 4. The van der Waals surface area contributed by atoms with Crippen molar-refractivity contribution in [3.05, 3.63) is 24.3 Å². The van der Waals surface area contributed by atoms with Crippen LogP contribution in [0.4, 0.5) is 5.69 Å². The summed E-state index contributed by atoms with van der Waals surface area (Å²) in [7, 11) is -3.46. The molecular weight excluding hydrogens is 316 g/mol. The van der Waals surface area contributed by atoms with Gasteiger partial charge in [-0.25, -0.2) is 8.42 Å². The fraction of sp³-hybridized carbons (Fsp3) is 0.562. The number of nitrogens with zero attached hydrogens (tertiary/aromatic N) is 1. The van der Waals surface area contributed by atoms with E-state index in [1.165, 1.54) is 4.31 Å². The molecule has 1 atom stereocenters. The summed E-state index contributed by atoms with van der Waals surface area (Å²) in [5.41, 5.74) is 0.499. The Hall–Kier alpha value is -1.76. The van der Waals surface area contributed by atoms with Crippen LogP contribution in [0.15, 0.2) is 24.3 Å². The highest BCUT2D eigenvalue weighted by atomic mass is 32.2. The van der Waals surface area contributed by atoms with Crippen LogP contribution in [-0.2, 0) is 14.8 Å². The minimum Gasteiger partial charge on any atom is -0.476 e. The number of sulfonamides is 1. The molecule has 1 saturated carbocycles. The minimum absolute atomic E-state index is 0.0156. The lowest BCUT2D eigenvalue weighted by molar-refractivity contribution is -0.128. The van der Waals surface area contributed by atoms with Gasteiger partial charge in [0.25, 0.3) is 5.91 Å². The maximum Gasteiger partial charge on any atom is 0.263 e. The van der Waals surface area contributed by atoms with Crippen molar-refractivity contribution in [3.8, 4) is 5.75 Å². The Morgan fingerprint density at radius 1 is 1.30 bits per heavy atom. The Morgan fingerprint density at radius 2 is 2.00 bits per heavy atom. The van der Waals surface area contributed by atoms with Gasteiger partial charge >= 0.3 is 0 Å². The predicted molar refractivity (Wildman–Crippen MR) is 88.1 cm³/mol. The van der Waals surface area contributed by atoms with Crippen molar-refractivity contribution in [1.82, 2.24) is 5.32 Å². The molecule has 23 heavy (non-hydrogen) atoms. The number of fused-ring (bicyclic) bond motifs is 1. The summed E-state index contributed by atoms with van der Waals surface area (Å²) in [4.78, 5) is 12.5. The summed E-state index contributed by atoms with van der Waals surface area (Å²) in [6.07, 6.45) is 3.38. The van der Waals surface area contributed by atoms with Gasteiger partial charge in [-0.2, -0.15) is 0 Å². The zero-order valence-electron chi connectivity index (χ0n) is 13.2. The average molecular weight is 338 g/mol. The van der Waals surface area contributed by atoms with Gasteiger partial charge in [-0.1, -0.05) is 25.0 Å². The smallest absolute Gasteiger partial charge is 0.263 e. The van der Waals surface area contributed by atoms with Gasteiger partial charge in [0, 0.05) is 6.04 Å². The highest BCUT2D eigenvalue weighted by Crippen LogP contribution is 2.35. The first-order valence-corrected chi connectivity index (χ1v) is 9.68. The number of carbonyl (C=O) groups excluding carboxylic acids is 1. The molecule has 126 valence electrons. The number of benzene rings is 1. The van der Waals surface area contributed by atoms with E-state index in [2.05, 4.69) is 5.32 Å². The average Bonchev–Trinajstić information content (AvgIpc) is 3.06. The highest BCUT2D eigenvalue weighted by molar-refractivity contribution is 7.92. The SMILES string of the molecule is CCS(=O)(=O)N1CC(C(=O)NC2CCCC2)Oc2ccccc21. The second kappa shape index (κ2) is 6.39. The Balaban J connectivity index is 1.83. The molecule has 1 aliphatic heterocycles. The number of rotatable bonds is 4. The van der Waals surface area contributed by atoms with Crippen LogP contribution < -0.4 is 14.4 Å². The third-order valence-corrected chi connectivity index (χ3v) is 6.18. The van der Waals surface area contributed by atoms with Crippen molar-refractivity contribution < 1.29 is 17.9 Å². The topological polar surface area (TPSA) is 75.7 Å². The molecule has 6 nitrogen and oxygen atoms in total. The standard InChI is InChI=1S/C16H22N2O4S/c1-2-23(20,21)18-11-15(16(19)17-12-7-3-4-8-12)22-14-10-6-5-9-13(14)18/h5-6,9-10,12,15H,2-4,7-8,11H2,1H3,(H,17,19). The molecule has 3 rings (SSSR count). The molecular formula is C16H22N2O4S. The molecule has 1 fully saturated rings. The van der Waals surface area contributed by atoms with Gasteiger partial charge < -0.3 is 10.1 Å². The van der Waals surface area contributed by atoms with Crippen molar-refractivity contribution >= 4 is 21.6 Å². The van der Waals surface area contributed by atoms with E-state index in [1.54, 1.807) is 31.2 Å². The lowest BCUT2D eigenvalue weighted by atomic mass is 10.2. The third kappa shape index (κ3) is 3.29. The number of ether oxygens (including phenoxy) is 1. The summed E-state index contributed by atoms with van der Waals surface area (Å²) in [6.45, 7) is 1.62. The first-order chi connectivity index (χ1) is 11.0. The first-order valence-electron chi connectivity index (χ1n) is 8.07. The molecule has 2 aliphatic rings. The van der Waals surface area contributed by atoms with Crippen LogP contribution >= 0.6 is 0 Å². The lowest BCUT2D eigenvalue weighted by Gasteiger charge is -2.34. The number of nitrogens with one attached hydrogen (secondary N) is 1. The first kappa shape index (κ1) is 16.1. The number of carbonyl (C=O) groups is 1. The van der Waals surface area contributed by atoms with Gasteiger partial charge in [0.1, 0.15) is 5.75 Å². The Bertz CT molecular complexity index is 683. The van der Waals surface area contributed by atoms with E-state index in [-0.39, 0.29) is 24.2 Å². The Morgan fingerprint density at radius 3 is 2.70 bits per heavy atom. The van der Waals surface area contributed by atoms with Crippen LogP contribution in [0.25, 0.3) is 0 Å². The van der Waals surface area contributed by atoms with Crippen molar-refractivity contribution in [2.24, 2.45) is 0 Å². The van der Waals surface area contributed by atoms with E-state index in [9.17, 15) is 13.2 Å². The second-order valence-electron chi connectivity index (χ2n) is 6.00. The lowest BCUT2D eigenvalue weighted by Crippen LogP contribution is -2.52. The molecule has 1 amide bonds. The molecule has 1 heterocycles. The van der Waals surface area contributed by atoms with Crippen LogP contribution in [0.1, 0.15) is 32.6 Å². The van der Waals surface area contributed by atoms with Gasteiger partial charge in [-0.15, -0.1) is 0 Å². The van der Waals surface area contributed by atoms with Crippen molar-refractivity contribution in [2.75, 3.05) is 16.6 Å². The Labute approximate surface area is 136 Å². The van der Waals surface area contributed by atoms with E-state index in [1.807, 2.05) is 0 Å². The van der Waals surface area contributed by atoms with Gasteiger partial charge in [-0.3, -0.25) is 9.10 Å². The molecule has 1 aromatic rings. The van der Waals surface area contributed by atoms with Gasteiger partial charge in [0.2, 0.25) is 10.0 Å². The van der Waals surface area contributed by atoms with Crippen molar-refractivity contribution in [3.63, 3.8) is 0 Å². The van der Waals surface area contributed by atoms with Crippen LogP contribution in [0, 0.1) is 0 Å². The number of amides is 1. The summed E-state index contributed by atoms with van der Waals surface area (Å²) in [5.74, 6) is 0.184. The molecule has 7 heteroatoms. The molecule has 1 unspecified atom stereocenters. The fourth-order valence-electron chi connectivity index (χ4n) is 3.12. The van der Waals surface area contributed by atoms with E-state index in [4.69, 9.17) is 4.74 Å². The summed E-state index contributed by atoms with van der Waals surface area (Å²) < 4.78 is 31.8. The largest absolute Gasteiger partial charge is 0.476 e. The van der Waals surface area contributed by atoms with Crippen LogP contribution in [0.3, 0.4) is 0 Å². The number of anilines is 1. The third-order valence-electron chi connectivity index (χ3n) is 4.43. The molecule has 1 N–H and O–H groups in total. The van der Waals surface area contributed by atoms with Crippen molar-refractivity contribution in [1.29, 1.82) is 0 Å². The summed E-state index contributed by atoms with van der Waals surface area (Å²) >= 11 is 0. The van der Waals surface area contributed by atoms with Gasteiger partial charge in [-0.05, 0) is 31.9 Å².